The summed E-state index contributed by atoms with van der Waals surface area (Å²) in [6.07, 6.45) is 2.18. The van der Waals surface area contributed by atoms with Crippen molar-refractivity contribution in [3.05, 3.63) is 0 Å². The molecule has 1 amide bonds. The standard InChI is InChI=1S/C14H26N2O3/c1-11(13-3-7-18-8-4-13)15-12(2)14(17)16-5-9-19-10-6-16/h11-13,15H,3-10H2,1-2H3. The third kappa shape index (κ3) is 4.16. The number of carbonyl (C=O) groups is 1. The van der Waals surface area contributed by atoms with E-state index in [0.29, 0.717) is 25.2 Å². The fourth-order valence-corrected chi connectivity index (χ4v) is 2.88. The van der Waals surface area contributed by atoms with Crippen molar-refractivity contribution in [2.75, 3.05) is 39.5 Å². The van der Waals surface area contributed by atoms with Crippen LogP contribution in [-0.4, -0.2) is 62.4 Å². The largest absolute Gasteiger partial charge is 0.381 e. The van der Waals surface area contributed by atoms with E-state index in [2.05, 4.69) is 12.2 Å². The summed E-state index contributed by atoms with van der Waals surface area (Å²) in [5.41, 5.74) is 0. The number of nitrogens with zero attached hydrogens (tertiary/aromatic N) is 1. The molecule has 0 spiro atoms. The number of nitrogens with one attached hydrogen (secondary N) is 1. The Morgan fingerprint density at radius 1 is 1.11 bits per heavy atom. The van der Waals surface area contributed by atoms with Gasteiger partial charge in [-0.1, -0.05) is 0 Å². The van der Waals surface area contributed by atoms with Crippen LogP contribution in [0.3, 0.4) is 0 Å². The fourth-order valence-electron chi connectivity index (χ4n) is 2.88. The molecule has 2 saturated heterocycles. The maximum atomic E-state index is 12.3. The summed E-state index contributed by atoms with van der Waals surface area (Å²) in [6.45, 7) is 8.60. The Hall–Kier alpha value is -0.650. The summed E-state index contributed by atoms with van der Waals surface area (Å²) in [4.78, 5) is 14.2. The molecule has 0 bridgehead atoms. The first-order chi connectivity index (χ1) is 9.18. The Morgan fingerprint density at radius 3 is 2.32 bits per heavy atom. The summed E-state index contributed by atoms with van der Waals surface area (Å²) in [7, 11) is 0. The van der Waals surface area contributed by atoms with Gasteiger partial charge in [0.15, 0.2) is 0 Å². The van der Waals surface area contributed by atoms with Gasteiger partial charge in [0, 0.05) is 32.3 Å². The molecule has 0 radical (unpaired) electrons. The summed E-state index contributed by atoms with van der Waals surface area (Å²) in [5, 5.41) is 3.46. The molecule has 2 aliphatic heterocycles. The minimum atomic E-state index is -0.115. The molecule has 19 heavy (non-hydrogen) atoms. The molecule has 0 aromatic rings. The van der Waals surface area contributed by atoms with Crippen molar-refractivity contribution in [1.29, 1.82) is 0 Å². The molecular weight excluding hydrogens is 244 g/mol. The third-order valence-electron chi connectivity index (χ3n) is 4.18. The minimum Gasteiger partial charge on any atom is -0.381 e. The van der Waals surface area contributed by atoms with Crippen molar-refractivity contribution >= 4 is 5.91 Å². The second-order valence-electron chi connectivity index (χ2n) is 5.56. The van der Waals surface area contributed by atoms with E-state index in [1.165, 1.54) is 0 Å². The zero-order valence-electron chi connectivity index (χ0n) is 12.1. The lowest BCUT2D eigenvalue weighted by molar-refractivity contribution is -0.137. The molecular formula is C14H26N2O3. The van der Waals surface area contributed by atoms with Crippen LogP contribution in [0.15, 0.2) is 0 Å². The molecule has 0 aliphatic carbocycles. The zero-order valence-corrected chi connectivity index (χ0v) is 12.1. The maximum absolute atomic E-state index is 12.3. The lowest BCUT2D eigenvalue weighted by Gasteiger charge is -2.33. The van der Waals surface area contributed by atoms with Gasteiger partial charge in [-0.15, -0.1) is 0 Å². The third-order valence-corrected chi connectivity index (χ3v) is 4.18. The van der Waals surface area contributed by atoms with Crippen LogP contribution in [0.5, 0.6) is 0 Å². The van der Waals surface area contributed by atoms with E-state index in [-0.39, 0.29) is 11.9 Å². The van der Waals surface area contributed by atoms with Crippen LogP contribution in [0.2, 0.25) is 0 Å². The van der Waals surface area contributed by atoms with E-state index in [0.717, 1.165) is 39.1 Å². The Morgan fingerprint density at radius 2 is 1.68 bits per heavy atom. The van der Waals surface area contributed by atoms with Crippen molar-refractivity contribution in [3.8, 4) is 0 Å². The second kappa shape index (κ2) is 7.22. The van der Waals surface area contributed by atoms with Gasteiger partial charge < -0.3 is 19.7 Å². The van der Waals surface area contributed by atoms with Gasteiger partial charge in [0.25, 0.3) is 0 Å². The van der Waals surface area contributed by atoms with Crippen LogP contribution < -0.4 is 5.32 Å². The van der Waals surface area contributed by atoms with Crippen LogP contribution in [0.25, 0.3) is 0 Å². The zero-order chi connectivity index (χ0) is 13.7. The predicted molar refractivity (Wildman–Crippen MR) is 73.0 cm³/mol. The van der Waals surface area contributed by atoms with Gasteiger partial charge in [0.05, 0.1) is 19.3 Å². The Labute approximate surface area is 115 Å². The predicted octanol–water partition coefficient (Wildman–Crippen LogP) is 0.638. The van der Waals surface area contributed by atoms with Gasteiger partial charge in [0.1, 0.15) is 0 Å². The summed E-state index contributed by atoms with van der Waals surface area (Å²) < 4.78 is 10.7. The van der Waals surface area contributed by atoms with E-state index >= 15 is 0 Å². The van der Waals surface area contributed by atoms with Crippen molar-refractivity contribution in [1.82, 2.24) is 10.2 Å². The fraction of sp³-hybridized carbons (Fsp3) is 0.929. The number of amides is 1. The number of carbonyl (C=O) groups excluding carboxylic acids is 1. The minimum absolute atomic E-state index is 0.115. The average molecular weight is 270 g/mol. The highest BCUT2D eigenvalue weighted by Crippen LogP contribution is 2.19. The van der Waals surface area contributed by atoms with Gasteiger partial charge in [-0.25, -0.2) is 0 Å². The van der Waals surface area contributed by atoms with Crippen LogP contribution in [0, 0.1) is 5.92 Å². The highest BCUT2D eigenvalue weighted by molar-refractivity contribution is 5.81. The Bertz CT molecular complexity index is 286. The van der Waals surface area contributed by atoms with Gasteiger partial charge >= 0.3 is 0 Å². The van der Waals surface area contributed by atoms with Crippen molar-refractivity contribution in [3.63, 3.8) is 0 Å². The van der Waals surface area contributed by atoms with Crippen LogP contribution in [0.1, 0.15) is 26.7 Å². The molecule has 0 aromatic carbocycles. The van der Waals surface area contributed by atoms with Gasteiger partial charge in [-0.2, -0.15) is 0 Å². The molecule has 1 N–H and O–H groups in total. The molecule has 110 valence electrons. The van der Waals surface area contributed by atoms with E-state index < -0.39 is 0 Å². The first kappa shape index (κ1) is 14.8. The smallest absolute Gasteiger partial charge is 0.239 e. The summed E-state index contributed by atoms with van der Waals surface area (Å²) >= 11 is 0. The molecule has 0 saturated carbocycles. The Balaban J connectivity index is 1.78. The molecule has 2 heterocycles. The molecule has 2 atom stereocenters. The molecule has 0 aromatic heterocycles. The number of hydrogen-bond donors (Lipinski definition) is 1. The first-order valence-electron chi connectivity index (χ1n) is 7.39. The average Bonchev–Trinajstić information content (AvgIpc) is 2.48. The van der Waals surface area contributed by atoms with Gasteiger partial charge in [-0.05, 0) is 32.6 Å². The van der Waals surface area contributed by atoms with Gasteiger partial charge in [-0.3, -0.25) is 4.79 Å². The monoisotopic (exact) mass is 270 g/mol. The topological polar surface area (TPSA) is 50.8 Å². The molecule has 5 nitrogen and oxygen atoms in total. The number of rotatable bonds is 4. The summed E-state index contributed by atoms with van der Waals surface area (Å²) in [5.74, 6) is 0.816. The number of ether oxygens (including phenoxy) is 2. The van der Waals surface area contributed by atoms with E-state index in [1.54, 1.807) is 0 Å². The van der Waals surface area contributed by atoms with E-state index in [1.807, 2.05) is 11.8 Å². The van der Waals surface area contributed by atoms with Crippen molar-refractivity contribution in [2.45, 2.75) is 38.8 Å². The lowest BCUT2D eigenvalue weighted by atomic mass is 9.92. The highest BCUT2D eigenvalue weighted by Gasteiger charge is 2.26. The first-order valence-corrected chi connectivity index (χ1v) is 7.39. The Kier molecular flexibility index (Phi) is 5.60. The van der Waals surface area contributed by atoms with Gasteiger partial charge in [0.2, 0.25) is 5.91 Å². The molecule has 2 rings (SSSR count). The van der Waals surface area contributed by atoms with Crippen molar-refractivity contribution in [2.24, 2.45) is 5.92 Å². The van der Waals surface area contributed by atoms with Crippen molar-refractivity contribution < 1.29 is 14.3 Å². The SMILES string of the molecule is CC(NC(C)C1CCOCC1)C(=O)N1CCOCC1. The van der Waals surface area contributed by atoms with Crippen LogP contribution >= 0.6 is 0 Å². The highest BCUT2D eigenvalue weighted by atomic mass is 16.5. The lowest BCUT2D eigenvalue weighted by Crippen LogP contribution is -2.52. The molecule has 2 fully saturated rings. The quantitative estimate of drug-likeness (QED) is 0.814. The number of hydrogen-bond acceptors (Lipinski definition) is 4. The van der Waals surface area contributed by atoms with E-state index in [9.17, 15) is 4.79 Å². The normalized spacial score (nSPS) is 25.1. The molecule has 2 unspecified atom stereocenters. The van der Waals surface area contributed by atoms with Crippen LogP contribution in [-0.2, 0) is 14.3 Å². The summed E-state index contributed by atoms with van der Waals surface area (Å²) in [6, 6.07) is 0.250. The molecule has 5 heteroatoms. The molecule has 2 aliphatic rings. The van der Waals surface area contributed by atoms with Crippen LogP contribution in [0.4, 0.5) is 0 Å². The van der Waals surface area contributed by atoms with E-state index in [4.69, 9.17) is 9.47 Å². The maximum Gasteiger partial charge on any atom is 0.239 e. The second-order valence-corrected chi connectivity index (χ2v) is 5.56. The number of morpholine rings is 1.